The van der Waals surface area contributed by atoms with Crippen molar-refractivity contribution in [3.8, 4) is 5.75 Å². The van der Waals surface area contributed by atoms with Crippen LogP contribution in [0.5, 0.6) is 5.75 Å². The zero-order valence-electron chi connectivity index (χ0n) is 13.7. The molecule has 0 spiro atoms. The number of carbonyl (C=O) groups is 2. The number of nitro benzene ring substituents is 1. The summed E-state index contributed by atoms with van der Waals surface area (Å²) in [6.45, 7) is -0.161. The predicted molar refractivity (Wildman–Crippen MR) is 105 cm³/mol. The van der Waals surface area contributed by atoms with Crippen molar-refractivity contribution in [1.82, 2.24) is 4.90 Å². The summed E-state index contributed by atoms with van der Waals surface area (Å²) >= 11 is 9.57. The van der Waals surface area contributed by atoms with Crippen molar-refractivity contribution in [2.75, 3.05) is 0 Å². The maximum Gasteiger partial charge on any atom is 0.293 e. The van der Waals surface area contributed by atoms with Crippen molar-refractivity contribution in [2.45, 2.75) is 6.54 Å². The molecule has 1 saturated heterocycles. The van der Waals surface area contributed by atoms with Gasteiger partial charge in [0.2, 0.25) is 0 Å². The van der Waals surface area contributed by atoms with Gasteiger partial charge in [0, 0.05) is 22.7 Å². The first kappa shape index (κ1) is 20.3. The first-order valence-corrected chi connectivity index (χ1v) is 9.52. The minimum absolute atomic E-state index is 0.00592. The van der Waals surface area contributed by atoms with E-state index in [1.54, 1.807) is 0 Å². The number of hydrogen-bond donors (Lipinski definition) is 1. The summed E-state index contributed by atoms with van der Waals surface area (Å²) in [7, 11) is 0. The first-order chi connectivity index (χ1) is 13.2. The number of phenolic OH excluding ortho intramolecular Hbond substituents is 1. The minimum atomic E-state index is -0.655. The second-order valence-corrected chi connectivity index (χ2v) is 7.88. The summed E-state index contributed by atoms with van der Waals surface area (Å²) in [5.41, 5.74) is 0.0900. The van der Waals surface area contributed by atoms with E-state index in [0.29, 0.717) is 17.3 Å². The van der Waals surface area contributed by atoms with Crippen molar-refractivity contribution >= 4 is 62.2 Å². The fraction of sp³-hybridized carbons (Fsp3) is 0.0588. The molecule has 3 rings (SSSR count). The fourth-order valence-corrected chi connectivity index (χ4v) is 3.94. The van der Waals surface area contributed by atoms with Crippen LogP contribution < -0.4 is 0 Å². The molecule has 2 aromatic carbocycles. The number of nitrogens with zero attached hydrogens (tertiary/aromatic N) is 2. The molecule has 144 valence electrons. The molecule has 1 aliphatic rings. The maximum atomic E-state index is 13.2. The van der Waals surface area contributed by atoms with Gasteiger partial charge in [0.05, 0.1) is 20.8 Å². The van der Waals surface area contributed by atoms with Crippen molar-refractivity contribution in [3.63, 3.8) is 0 Å². The second kappa shape index (κ2) is 7.90. The number of carbonyl (C=O) groups excluding carboxylic acids is 2. The molecular formula is C17H9BrClFN2O5S. The van der Waals surface area contributed by atoms with Gasteiger partial charge in [0.15, 0.2) is 0 Å². The number of thioether (sulfide) groups is 1. The van der Waals surface area contributed by atoms with Gasteiger partial charge in [-0.3, -0.25) is 24.6 Å². The Morgan fingerprint density at radius 2 is 2.04 bits per heavy atom. The summed E-state index contributed by atoms with van der Waals surface area (Å²) in [5.74, 6) is -1.51. The minimum Gasteiger partial charge on any atom is -0.506 e. The molecule has 2 amide bonds. The summed E-state index contributed by atoms with van der Waals surface area (Å²) in [6, 6.07) is 5.81. The van der Waals surface area contributed by atoms with Gasteiger partial charge in [-0.25, -0.2) is 4.39 Å². The monoisotopic (exact) mass is 486 g/mol. The standard InChI is InChI=1S/C17H9BrClFN2O5S/c18-12-6-11(22(26)27)3-9(15(12)23)4-14-16(24)21(17(25)28-14)7-8-1-2-10(20)5-13(8)19/h1-6,23H,7H2/b14-4-. The Labute approximate surface area is 175 Å². The van der Waals surface area contributed by atoms with Gasteiger partial charge in [-0.15, -0.1) is 0 Å². The molecule has 0 unspecified atom stereocenters. The number of non-ortho nitro benzene ring substituents is 1. The molecule has 7 nitrogen and oxygen atoms in total. The van der Waals surface area contributed by atoms with E-state index >= 15 is 0 Å². The van der Waals surface area contributed by atoms with Crippen LogP contribution in [-0.4, -0.2) is 26.1 Å². The van der Waals surface area contributed by atoms with Crippen LogP contribution in [0.15, 0.2) is 39.7 Å². The highest BCUT2D eigenvalue weighted by molar-refractivity contribution is 9.10. The van der Waals surface area contributed by atoms with E-state index in [4.69, 9.17) is 11.6 Å². The number of phenols is 1. The number of benzene rings is 2. The van der Waals surface area contributed by atoms with Crippen LogP contribution in [-0.2, 0) is 11.3 Å². The lowest BCUT2D eigenvalue weighted by molar-refractivity contribution is -0.385. The molecule has 28 heavy (non-hydrogen) atoms. The highest BCUT2D eigenvalue weighted by Gasteiger charge is 2.35. The third-order valence-corrected chi connectivity index (χ3v) is 5.66. The molecule has 0 saturated carbocycles. The average Bonchev–Trinajstić information content (AvgIpc) is 2.88. The van der Waals surface area contributed by atoms with Gasteiger partial charge in [-0.1, -0.05) is 17.7 Å². The fourth-order valence-electron chi connectivity index (χ4n) is 2.42. The SMILES string of the molecule is O=C1S/C(=C\c2cc([N+](=O)[O-])cc(Br)c2O)C(=O)N1Cc1ccc(F)cc1Cl. The number of amides is 2. The van der Waals surface area contributed by atoms with Gasteiger partial charge in [0.25, 0.3) is 16.8 Å². The molecule has 11 heteroatoms. The number of nitro groups is 1. The summed E-state index contributed by atoms with van der Waals surface area (Å²) in [6.07, 6.45) is 1.20. The largest absolute Gasteiger partial charge is 0.506 e. The van der Waals surface area contributed by atoms with Crippen LogP contribution in [0.4, 0.5) is 14.9 Å². The van der Waals surface area contributed by atoms with E-state index in [9.17, 15) is 29.2 Å². The molecule has 1 fully saturated rings. The normalized spacial score (nSPS) is 15.5. The highest BCUT2D eigenvalue weighted by atomic mass is 79.9. The van der Waals surface area contributed by atoms with Crippen LogP contribution >= 0.6 is 39.3 Å². The summed E-state index contributed by atoms with van der Waals surface area (Å²) < 4.78 is 13.2. The Kier molecular flexibility index (Phi) is 5.73. The molecule has 1 aliphatic heterocycles. The Bertz CT molecular complexity index is 1060. The third kappa shape index (κ3) is 4.03. The predicted octanol–water partition coefficient (Wildman–Crippen LogP) is 5.09. The van der Waals surface area contributed by atoms with Crippen LogP contribution in [0.1, 0.15) is 11.1 Å². The van der Waals surface area contributed by atoms with E-state index in [1.807, 2.05) is 0 Å². The van der Waals surface area contributed by atoms with Crippen molar-refractivity contribution in [1.29, 1.82) is 0 Å². The molecule has 0 bridgehead atoms. The van der Waals surface area contributed by atoms with E-state index in [0.717, 1.165) is 29.2 Å². The highest BCUT2D eigenvalue weighted by Crippen LogP contribution is 2.38. The number of imide groups is 1. The van der Waals surface area contributed by atoms with E-state index < -0.39 is 21.9 Å². The number of rotatable bonds is 4. The molecule has 2 aromatic rings. The second-order valence-electron chi connectivity index (χ2n) is 5.63. The van der Waals surface area contributed by atoms with Crippen molar-refractivity contribution in [3.05, 3.63) is 71.8 Å². The van der Waals surface area contributed by atoms with Gasteiger partial charge >= 0.3 is 0 Å². The molecule has 0 atom stereocenters. The van der Waals surface area contributed by atoms with Crippen LogP contribution in [0.3, 0.4) is 0 Å². The quantitative estimate of drug-likeness (QED) is 0.366. The van der Waals surface area contributed by atoms with Gasteiger partial charge in [-0.2, -0.15) is 0 Å². The third-order valence-electron chi connectivity index (χ3n) is 3.79. The Morgan fingerprint density at radius 3 is 2.68 bits per heavy atom. The summed E-state index contributed by atoms with van der Waals surface area (Å²) in [5, 5.41) is 20.6. The number of hydrogen-bond acceptors (Lipinski definition) is 6. The van der Waals surface area contributed by atoms with Gasteiger partial charge in [0.1, 0.15) is 11.6 Å². The van der Waals surface area contributed by atoms with Crippen LogP contribution in [0.2, 0.25) is 5.02 Å². The van der Waals surface area contributed by atoms with E-state index in [2.05, 4.69) is 15.9 Å². The van der Waals surface area contributed by atoms with E-state index in [-0.39, 0.29) is 37.9 Å². The lowest BCUT2D eigenvalue weighted by Gasteiger charge is -2.13. The van der Waals surface area contributed by atoms with Crippen molar-refractivity contribution in [2.24, 2.45) is 0 Å². The summed E-state index contributed by atoms with van der Waals surface area (Å²) in [4.78, 5) is 36.0. The van der Waals surface area contributed by atoms with Crippen LogP contribution in [0.25, 0.3) is 6.08 Å². The van der Waals surface area contributed by atoms with Crippen LogP contribution in [0, 0.1) is 15.9 Å². The number of halogens is 3. The van der Waals surface area contributed by atoms with Gasteiger partial charge < -0.3 is 5.11 Å². The van der Waals surface area contributed by atoms with E-state index in [1.165, 1.54) is 12.1 Å². The molecular weight excluding hydrogens is 479 g/mol. The average molecular weight is 488 g/mol. The van der Waals surface area contributed by atoms with Crippen molar-refractivity contribution < 1.29 is 24.0 Å². The molecule has 1 N–H and O–H groups in total. The lowest BCUT2D eigenvalue weighted by Crippen LogP contribution is -2.27. The molecule has 0 aromatic heterocycles. The first-order valence-electron chi connectivity index (χ1n) is 7.53. The zero-order valence-corrected chi connectivity index (χ0v) is 16.8. The zero-order chi connectivity index (χ0) is 20.6. The topological polar surface area (TPSA) is 101 Å². The molecule has 0 radical (unpaired) electrons. The smallest absolute Gasteiger partial charge is 0.293 e. The number of aromatic hydroxyl groups is 1. The molecule has 1 heterocycles. The lowest BCUT2D eigenvalue weighted by atomic mass is 10.1. The Hall–Kier alpha value is -2.43. The maximum absolute atomic E-state index is 13.2. The van der Waals surface area contributed by atoms with Gasteiger partial charge in [-0.05, 0) is 51.5 Å². The Morgan fingerprint density at radius 1 is 1.32 bits per heavy atom. The Balaban J connectivity index is 1.92. The molecule has 0 aliphatic carbocycles.